The molecule has 2 heterocycles. The molecule has 1 aromatic carbocycles. The maximum Gasteiger partial charge on any atom is 0.325 e. The molecule has 0 saturated heterocycles. The van der Waals surface area contributed by atoms with Gasteiger partial charge < -0.3 is 57.9 Å². The third-order valence-corrected chi connectivity index (χ3v) is 8.43. The summed E-state index contributed by atoms with van der Waals surface area (Å²) >= 11 is 0. The SMILES string of the molecule is C#CCN(CCc1c[nH]c2nc(N)nc(O)c12)c1ccc(C(=O)N[C@@H](CCC(=O)O)C(=O)C(C[C@H](N)C(=O)O)(C(=O)O)C(=O)[C@@H](N)CCC(=O)O)c(F)c1. The Morgan fingerprint density at radius 1 is 0.981 bits per heavy atom. The predicted molar refractivity (Wildman–Crippen MR) is 184 cm³/mol. The number of hydrogen-bond acceptors (Lipinski definition) is 14. The Morgan fingerprint density at radius 2 is 1.63 bits per heavy atom. The van der Waals surface area contributed by atoms with Gasteiger partial charge in [-0.15, -0.1) is 6.42 Å². The zero-order chi connectivity index (χ0) is 40.5. The second-order valence-corrected chi connectivity index (χ2v) is 12.1. The Labute approximate surface area is 304 Å². The van der Waals surface area contributed by atoms with Crippen molar-refractivity contribution in [1.82, 2.24) is 20.3 Å². The molecule has 54 heavy (non-hydrogen) atoms. The molecule has 0 aliphatic heterocycles. The van der Waals surface area contributed by atoms with E-state index in [2.05, 4.69) is 26.2 Å². The van der Waals surface area contributed by atoms with E-state index in [4.69, 9.17) is 28.7 Å². The summed E-state index contributed by atoms with van der Waals surface area (Å²) in [6.07, 6.45) is 2.71. The zero-order valence-corrected chi connectivity index (χ0v) is 28.3. The number of terminal acetylenes is 1. The predicted octanol–water partition coefficient (Wildman–Crippen LogP) is -0.766. The highest BCUT2D eigenvalue weighted by atomic mass is 19.1. The first-order valence-corrected chi connectivity index (χ1v) is 15.9. The maximum absolute atomic E-state index is 15.6. The quantitative estimate of drug-likeness (QED) is 0.0471. The van der Waals surface area contributed by atoms with Crippen LogP contribution in [0.15, 0.2) is 24.4 Å². The molecule has 0 bridgehead atoms. The number of benzene rings is 1. The number of nitrogens with one attached hydrogen (secondary N) is 2. The Kier molecular flexibility index (Phi) is 13.7. The number of hydrogen-bond donors (Lipinski definition) is 10. The fourth-order valence-corrected chi connectivity index (χ4v) is 5.68. The van der Waals surface area contributed by atoms with Gasteiger partial charge in [-0.3, -0.25) is 33.6 Å². The Bertz CT molecular complexity index is 2010. The van der Waals surface area contributed by atoms with Crippen LogP contribution in [0.1, 0.15) is 48.0 Å². The van der Waals surface area contributed by atoms with Gasteiger partial charge in [0.05, 0.1) is 29.6 Å². The number of H-pyrrole nitrogens is 1. The highest BCUT2D eigenvalue weighted by Crippen LogP contribution is 2.32. The van der Waals surface area contributed by atoms with Gasteiger partial charge in [-0.05, 0) is 43.0 Å². The first-order chi connectivity index (χ1) is 25.3. The van der Waals surface area contributed by atoms with Gasteiger partial charge >= 0.3 is 23.9 Å². The molecule has 288 valence electrons. The van der Waals surface area contributed by atoms with Gasteiger partial charge in [0.2, 0.25) is 11.8 Å². The van der Waals surface area contributed by atoms with Crippen molar-refractivity contribution in [2.75, 3.05) is 23.7 Å². The number of ketones is 2. The summed E-state index contributed by atoms with van der Waals surface area (Å²) in [6.45, 7) is 0.100. The van der Waals surface area contributed by atoms with Gasteiger partial charge in [-0.2, -0.15) is 9.97 Å². The third-order valence-electron chi connectivity index (χ3n) is 8.43. The molecule has 3 rings (SSSR count). The van der Waals surface area contributed by atoms with Gasteiger partial charge in [-0.1, -0.05) is 5.92 Å². The van der Waals surface area contributed by atoms with Gasteiger partial charge in [0.25, 0.3) is 5.91 Å². The fourth-order valence-electron chi connectivity index (χ4n) is 5.68. The number of Topliss-reactive ketones (excluding diaryl/α,β-unsaturated/α-hetero) is 2. The number of nitrogen functional groups attached to an aromatic ring is 1. The molecule has 0 fully saturated rings. The van der Waals surface area contributed by atoms with E-state index in [1.807, 2.05) is 0 Å². The molecule has 3 aromatic rings. The average Bonchev–Trinajstić information content (AvgIpc) is 3.51. The van der Waals surface area contributed by atoms with Crippen molar-refractivity contribution < 1.29 is 63.5 Å². The van der Waals surface area contributed by atoms with Crippen molar-refractivity contribution in [3.63, 3.8) is 0 Å². The van der Waals surface area contributed by atoms with Crippen molar-refractivity contribution >= 4 is 64.0 Å². The highest BCUT2D eigenvalue weighted by molar-refractivity contribution is 6.25. The highest BCUT2D eigenvalue weighted by Gasteiger charge is 2.57. The zero-order valence-electron chi connectivity index (χ0n) is 28.3. The van der Waals surface area contributed by atoms with Crippen LogP contribution in [0, 0.1) is 23.6 Å². The minimum absolute atomic E-state index is 0.0487. The number of rotatable bonds is 21. The van der Waals surface area contributed by atoms with Crippen LogP contribution in [-0.2, 0) is 35.2 Å². The largest absolute Gasteiger partial charge is 0.493 e. The number of amides is 1. The minimum Gasteiger partial charge on any atom is -0.493 e. The summed E-state index contributed by atoms with van der Waals surface area (Å²) in [5.41, 5.74) is 13.8. The lowest BCUT2D eigenvalue weighted by Crippen LogP contribution is -2.61. The number of anilines is 2. The summed E-state index contributed by atoms with van der Waals surface area (Å²) in [5.74, 6) is -11.0. The fraction of sp³-hybridized carbons (Fsp3) is 0.364. The van der Waals surface area contributed by atoms with Gasteiger partial charge in [-0.25, -0.2) is 4.39 Å². The number of carboxylic acids is 4. The minimum atomic E-state index is -3.41. The molecular formula is C33H37FN8O12. The van der Waals surface area contributed by atoms with Crippen LogP contribution in [0.5, 0.6) is 5.88 Å². The van der Waals surface area contributed by atoms with Gasteiger partial charge in [0.15, 0.2) is 17.0 Å². The molecule has 2 aromatic heterocycles. The van der Waals surface area contributed by atoms with Crippen LogP contribution in [0.3, 0.4) is 0 Å². The molecule has 0 radical (unpaired) electrons. The molecule has 13 N–H and O–H groups in total. The number of aromatic amines is 1. The van der Waals surface area contributed by atoms with Crippen LogP contribution in [0.2, 0.25) is 0 Å². The Balaban J connectivity index is 1.96. The number of carbonyl (C=O) groups excluding carboxylic acids is 3. The number of aromatic hydroxyl groups is 1. The van der Waals surface area contributed by atoms with Crippen molar-refractivity contribution in [2.24, 2.45) is 16.9 Å². The van der Waals surface area contributed by atoms with E-state index in [1.165, 1.54) is 6.07 Å². The van der Waals surface area contributed by atoms with E-state index in [1.54, 1.807) is 11.1 Å². The lowest BCUT2D eigenvalue weighted by molar-refractivity contribution is -0.162. The molecule has 21 heteroatoms. The summed E-state index contributed by atoms with van der Waals surface area (Å²) in [6, 6.07) is -3.09. The van der Waals surface area contributed by atoms with Crippen molar-refractivity contribution in [3.05, 3.63) is 41.3 Å². The average molecular weight is 757 g/mol. The van der Waals surface area contributed by atoms with E-state index in [0.29, 0.717) is 10.9 Å². The number of nitrogens with zero attached hydrogens (tertiary/aromatic N) is 3. The van der Waals surface area contributed by atoms with Gasteiger partial charge in [0.1, 0.15) is 17.5 Å². The smallest absolute Gasteiger partial charge is 0.325 e. The van der Waals surface area contributed by atoms with Crippen molar-refractivity contribution in [2.45, 2.75) is 56.7 Å². The maximum atomic E-state index is 15.6. The van der Waals surface area contributed by atoms with Crippen LogP contribution >= 0.6 is 0 Å². The Morgan fingerprint density at radius 3 is 2.20 bits per heavy atom. The standard InChI is InChI=1S/C33H37FN8O12/c1-2-10-42(11-9-15-14-38-27-24(15)29(50)41-32(37)40-27)16-3-4-17(18(34)12-16)28(49)39-21(6-8-23(45)46)26(48)33(31(53)54,13-20(36)30(51)52)25(47)19(35)5-7-22(43)44/h1,3-4,12,14,19-21H,5-11,13,35-36H2,(H,39,49)(H,43,44)(H,45,46)(H,51,52)(H,53,54)(H4,37,38,40,41,50)/t19-,20-,21-,33?/m0/s1. The van der Waals surface area contributed by atoms with Crippen LogP contribution in [0.25, 0.3) is 11.0 Å². The van der Waals surface area contributed by atoms with E-state index in [-0.39, 0.29) is 42.7 Å². The Hall–Kier alpha value is -6.66. The first kappa shape index (κ1) is 41.8. The molecule has 1 amide bonds. The molecule has 0 aliphatic carbocycles. The van der Waals surface area contributed by atoms with Crippen LogP contribution < -0.4 is 27.4 Å². The molecule has 1 unspecified atom stereocenters. The number of carboxylic acid groups (broad SMARTS) is 4. The third kappa shape index (κ3) is 9.60. The summed E-state index contributed by atoms with van der Waals surface area (Å²) in [4.78, 5) is 100. The second kappa shape index (κ2) is 17.7. The lowest BCUT2D eigenvalue weighted by atomic mass is 9.69. The molecule has 4 atom stereocenters. The molecule has 20 nitrogen and oxygen atoms in total. The number of aliphatic carboxylic acids is 4. The summed E-state index contributed by atoms with van der Waals surface area (Å²) in [5, 5.41) is 50.6. The van der Waals surface area contributed by atoms with Crippen LogP contribution in [0.4, 0.5) is 16.0 Å². The number of aromatic nitrogens is 3. The first-order valence-electron chi connectivity index (χ1n) is 15.9. The van der Waals surface area contributed by atoms with Crippen LogP contribution in [-0.4, -0.2) is 113 Å². The molecule has 0 aliphatic rings. The second-order valence-electron chi connectivity index (χ2n) is 12.1. The number of fused-ring (bicyclic) bond motifs is 1. The van der Waals surface area contributed by atoms with E-state index < -0.39 is 108 Å². The van der Waals surface area contributed by atoms with Crippen molar-refractivity contribution in [1.29, 1.82) is 0 Å². The van der Waals surface area contributed by atoms with E-state index in [9.17, 15) is 54.0 Å². The summed E-state index contributed by atoms with van der Waals surface area (Å²) in [7, 11) is 0. The normalized spacial score (nSPS) is 13.8. The monoisotopic (exact) mass is 756 g/mol. The summed E-state index contributed by atoms with van der Waals surface area (Å²) < 4.78 is 15.6. The number of nitrogens with two attached hydrogens (primary N) is 3. The molecule has 0 spiro atoms. The topological polar surface area (TPSA) is 356 Å². The van der Waals surface area contributed by atoms with E-state index in [0.717, 1.165) is 12.1 Å². The van der Waals surface area contributed by atoms with E-state index >= 15 is 4.39 Å². The molecular weight excluding hydrogens is 719 g/mol. The number of carbonyl (C=O) groups is 7. The van der Waals surface area contributed by atoms with Crippen molar-refractivity contribution in [3.8, 4) is 18.2 Å². The van der Waals surface area contributed by atoms with Gasteiger partial charge in [0, 0.05) is 37.7 Å². The molecule has 0 saturated carbocycles. The number of halogens is 1. The lowest BCUT2D eigenvalue weighted by Gasteiger charge is -2.33.